The predicted molar refractivity (Wildman–Crippen MR) is 102 cm³/mol. The van der Waals surface area contributed by atoms with Crippen LogP contribution in [0.3, 0.4) is 0 Å². The van der Waals surface area contributed by atoms with Crippen LogP contribution < -0.4 is 0 Å². The largest absolute Gasteiger partial charge is 0.452 e. The number of hydrogen-bond donors (Lipinski definition) is 0. The number of ether oxygens (including phenoxy) is 1. The van der Waals surface area contributed by atoms with Crippen LogP contribution in [0.2, 0.25) is 5.02 Å². The lowest BCUT2D eigenvalue weighted by Gasteiger charge is -2.31. The summed E-state index contributed by atoms with van der Waals surface area (Å²) in [6.07, 6.45) is 5.26. The Kier molecular flexibility index (Phi) is 7.25. The molecule has 0 spiro atoms. The van der Waals surface area contributed by atoms with E-state index in [1.807, 2.05) is 0 Å². The molecular formula is C18H25ClN2O5S. The van der Waals surface area contributed by atoms with Gasteiger partial charge in [0.05, 0.1) is 15.5 Å². The van der Waals surface area contributed by atoms with Crippen molar-refractivity contribution < 1.29 is 22.7 Å². The smallest absolute Gasteiger partial charge is 0.340 e. The number of halogens is 1. The summed E-state index contributed by atoms with van der Waals surface area (Å²) in [5, 5.41) is 0.0609. The number of benzene rings is 1. The average molecular weight is 417 g/mol. The molecule has 2 rings (SSSR count). The summed E-state index contributed by atoms with van der Waals surface area (Å²) < 4.78 is 30.6. The van der Waals surface area contributed by atoms with E-state index in [0.717, 1.165) is 36.1 Å². The Hall–Kier alpha value is -1.64. The molecule has 7 nitrogen and oxygen atoms in total. The molecule has 0 radical (unpaired) electrons. The van der Waals surface area contributed by atoms with Crippen molar-refractivity contribution in [3.8, 4) is 0 Å². The van der Waals surface area contributed by atoms with Gasteiger partial charge in [0, 0.05) is 27.2 Å². The molecule has 0 N–H and O–H groups in total. The van der Waals surface area contributed by atoms with E-state index < -0.39 is 22.6 Å². The highest BCUT2D eigenvalue weighted by Gasteiger charge is 2.25. The fourth-order valence-electron chi connectivity index (χ4n) is 3.01. The third-order valence-electron chi connectivity index (χ3n) is 4.78. The molecule has 1 aliphatic carbocycles. The second-order valence-electron chi connectivity index (χ2n) is 6.80. The summed E-state index contributed by atoms with van der Waals surface area (Å²) in [4.78, 5) is 26.2. The fraction of sp³-hybridized carbons (Fsp3) is 0.556. The van der Waals surface area contributed by atoms with Crippen molar-refractivity contribution in [1.82, 2.24) is 9.21 Å². The molecule has 150 valence electrons. The van der Waals surface area contributed by atoms with E-state index in [1.165, 1.54) is 32.6 Å². The SMILES string of the molecule is CN(C(=O)COC(=O)c1cc(S(=O)(=O)N(C)C)ccc1Cl)C1CCCCC1. The van der Waals surface area contributed by atoms with Crippen molar-refractivity contribution in [3.05, 3.63) is 28.8 Å². The fourth-order valence-corrected chi connectivity index (χ4v) is 4.13. The van der Waals surface area contributed by atoms with Crippen LogP contribution in [0.25, 0.3) is 0 Å². The lowest BCUT2D eigenvalue weighted by Crippen LogP contribution is -2.40. The molecule has 0 bridgehead atoms. The number of amides is 1. The van der Waals surface area contributed by atoms with Gasteiger partial charge in [-0.25, -0.2) is 17.5 Å². The van der Waals surface area contributed by atoms with Gasteiger partial charge in [-0.15, -0.1) is 0 Å². The molecule has 0 saturated heterocycles. The number of hydrogen-bond acceptors (Lipinski definition) is 5. The van der Waals surface area contributed by atoms with E-state index in [2.05, 4.69) is 0 Å². The summed E-state index contributed by atoms with van der Waals surface area (Å²) in [5.41, 5.74) is -0.0901. The molecule has 27 heavy (non-hydrogen) atoms. The molecule has 1 fully saturated rings. The highest BCUT2D eigenvalue weighted by atomic mass is 35.5. The van der Waals surface area contributed by atoms with E-state index in [1.54, 1.807) is 11.9 Å². The van der Waals surface area contributed by atoms with Crippen molar-refractivity contribution in [1.29, 1.82) is 0 Å². The highest BCUT2D eigenvalue weighted by molar-refractivity contribution is 7.89. The van der Waals surface area contributed by atoms with Crippen LogP contribution >= 0.6 is 11.6 Å². The molecule has 0 aliphatic heterocycles. The summed E-state index contributed by atoms with van der Waals surface area (Å²) >= 11 is 6.02. The molecule has 1 aromatic carbocycles. The Labute approximate surface area is 165 Å². The van der Waals surface area contributed by atoms with Crippen molar-refractivity contribution in [3.63, 3.8) is 0 Å². The summed E-state index contributed by atoms with van der Waals surface area (Å²) in [5.74, 6) is -1.12. The first kappa shape index (κ1) is 21.7. The maximum Gasteiger partial charge on any atom is 0.340 e. The molecule has 0 atom stereocenters. The summed E-state index contributed by atoms with van der Waals surface area (Å²) in [7, 11) is 0.776. The van der Waals surface area contributed by atoms with Crippen LogP contribution in [0.4, 0.5) is 0 Å². The van der Waals surface area contributed by atoms with Crippen molar-refractivity contribution in [2.45, 2.75) is 43.0 Å². The number of esters is 1. The molecular weight excluding hydrogens is 392 g/mol. The minimum absolute atomic E-state index is 0.0609. The maximum atomic E-state index is 12.3. The Morgan fingerprint density at radius 1 is 1.15 bits per heavy atom. The van der Waals surface area contributed by atoms with Crippen molar-refractivity contribution in [2.75, 3.05) is 27.7 Å². The molecule has 1 aliphatic rings. The Bertz CT molecular complexity index is 804. The van der Waals surface area contributed by atoms with Gasteiger partial charge in [-0.3, -0.25) is 4.79 Å². The van der Waals surface area contributed by atoms with Crippen LogP contribution in [0.1, 0.15) is 42.5 Å². The van der Waals surface area contributed by atoms with Crippen LogP contribution in [0.15, 0.2) is 23.1 Å². The van der Waals surface area contributed by atoms with Gasteiger partial charge in [0.2, 0.25) is 10.0 Å². The third kappa shape index (κ3) is 5.21. The second kappa shape index (κ2) is 9.03. The summed E-state index contributed by atoms with van der Waals surface area (Å²) in [6.45, 7) is -0.410. The predicted octanol–water partition coefficient (Wildman–Crippen LogP) is 2.54. The van der Waals surface area contributed by atoms with Gasteiger partial charge in [-0.05, 0) is 31.0 Å². The lowest BCUT2D eigenvalue weighted by molar-refractivity contribution is -0.135. The number of rotatable bonds is 6. The molecule has 0 aromatic heterocycles. The minimum Gasteiger partial charge on any atom is -0.452 e. The van der Waals surface area contributed by atoms with Gasteiger partial charge < -0.3 is 9.64 Å². The highest BCUT2D eigenvalue weighted by Crippen LogP contribution is 2.24. The monoisotopic (exact) mass is 416 g/mol. The Balaban J connectivity index is 2.06. The van der Waals surface area contributed by atoms with E-state index in [9.17, 15) is 18.0 Å². The lowest BCUT2D eigenvalue weighted by atomic mass is 9.94. The second-order valence-corrected chi connectivity index (χ2v) is 9.36. The summed E-state index contributed by atoms with van der Waals surface area (Å²) in [6, 6.07) is 3.97. The van der Waals surface area contributed by atoms with E-state index in [0.29, 0.717) is 0 Å². The normalized spacial score (nSPS) is 15.6. The van der Waals surface area contributed by atoms with Crippen LogP contribution in [-0.4, -0.2) is 63.3 Å². The molecule has 0 heterocycles. The van der Waals surface area contributed by atoms with Crippen LogP contribution in [0, 0.1) is 0 Å². The first-order valence-corrected chi connectivity index (χ1v) is 10.6. The van der Waals surface area contributed by atoms with Gasteiger partial charge in [0.15, 0.2) is 6.61 Å². The van der Waals surface area contributed by atoms with Gasteiger partial charge in [0.1, 0.15) is 0 Å². The molecule has 1 aromatic rings. The van der Waals surface area contributed by atoms with Crippen molar-refractivity contribution in [2.24, 2.45) is 0 Å². The van der Waals surface area contributed by atoms with Gasteiger partial charge in [-0.2, -0.15) is 0 Å². The first-order valence-electron chi connectivity index (χ1n) is 8.79. The van der Waals surface area contributed by atoms with E-state index in [-0.39, 0.29) is 27.4 Å². The van der Waals surface area contributed by atoms with E-state index >= 15 is 0 Å². The molecule has 0 unspecified atom stereocenters. The number of carbonyl (C=O) groups is 2. The van der Waals surface area contributed by atoms with Gasteiger partial charge >= 0.3 is 5.97 Å². The number of nitrogens with zero attached hydrogens (tertiary/aromatic N) is 2. The number of carbonyl (C=O) groups excluding carboxylic acids is 2. The first-order chi connectivity index (χ1) is 12.6. The zero-order valence-corrected chi connectivity index (χ0v) is 17.3. The molecule has 1 saturated carbocycles. The van der Waals surface area contributed by atoms with E-state index in [4.69, 9.17) is 16.3 Å². The van der Waals surface area contributed by atoms with Crippen LogP contribution in [-0.2, 0) is 19.6 Å². The van der Waals surface area contributed by atoms with Crippen LogP contribution in [0.5, 0.6) is 0 Å². The van der Waals surface area contributed by atoms with Gasteiger partial charge in [0.25, 0.3) is 5.91 Å². The number of likely N-dealkylation sites (N-methyl/N-ethyl adjacent to an activating group) is 1. The molecule has 9 heteroatoms. The molecule has 1 amide bonds. The average Bonchev–Trinajstić information content (AvgIpc) is 2.65. The minimum atomic E-state index is -3.72. The number of sulfonamides is 1. The Morgan fingerprint density at radius 2 is 1.78 bits per heavy atom. The zero-order chi connectivity index (χ0) is 20.2. The standard InChI is InChI=1S/C18H25ClN2O5S/c1-20(2)27(24,25)14-9-10-16(19)15(11-14)18(23)26-12-17(22)21(3)13-7-5-4-6-8-13/h9-11,13H,4-8,12H2,1-3H3. The third-order valence-corrected chi connectivity index (χ3v) is 6.92. The maximum absolute atomic E-state index is 12.3. The van der Waals surface area contributed by atoms with Gasteiger partial charge in [-0.1, -0.05) is 30.9 Å². The quantitative estimate of drug-likeness (QED) is 0.665. The van der Waals surface area contributed by atoms with Crippen molar-refractivity contribution >= 4 is 33.5 Å². The zero-order valence-electron chi connectivity index (χ0n) is 15.8. The topological polar surface area (TPSA) is 84.0 Å². The Morgan fingerprint density at radius 3 is 2.37 bits per heavy atom.